The average molecular weight is 245 g/mol. The van der Waals surface area contributed by atoms with Gasteiger partial charge in [-0.2, -0.15) is 0 Å². The number of aromatic nitrogens is 1. The number of fused-ring (bicyclic) bond motifs is 1. The molecule has 0 fully saturated rings. The maximum absolute atomic E-state index is 11.2. The zero-order valence-electron chi connectivity index (χ0n) is 11.3. The van der Waals surface area contributed by atoms with Gasteiger partial charge in [-0.15, -0.1) is 0 Å². The van der Waals surface area contributed by atoms with Crippen molar-refractivity contribution in [2.24, 2.45) is 5.41 Å². The first-order chi connectivity index (χ1) is 8.33. The van der Waals surface area contributed by atoms with E-state index in [-0.39, 0.29) is 0 Å². The molecule has 18 heavy (non-hydrogen) atoms. The highest BCUT2D eigenvalue weighted by atomic mass is 16.4. The second-order valence-electron chi connectivity index (χ2n) is 5.58. The van der Waals surface area contributed by atoms with Gasteiger partial charge in [0.15, 0.2) is 0 Å². The van der Waals surface area contributed by atoms with Crippen molar-refractivity contribution < 1.29 is 9.90 Å². The van der Waals surface area contributed by atoms with Gasteiger partial charge in [0.05, 0.1) is 5.41 Å². The molecule has 2 aromatic rings. The molecule has 1 aromatic carbocycles. The quantitative estimate of drug-likeness (QED) is 0.870. The molecule has 0 atom stereocenters. The molecule has 0 aliphatic carbocycles. The molecule has 0 amide bonds. The second kappa shape index (κ2) is 4.16. The van der Waals surface area contributed by atoms with Gasteiger partial charge < -0.3 is 10.1 Å². The van der Waals surface area contributed by atoms with Crippen LogP contribution in [0, 0.1) is 19.3 Å². The van der Waals surface area contributed by atoms with E-state index < -0.39 is 11.4 Å². The van der Waals surface area contributed by atoms with E-state index in [9.17, 15) is 9.90 Å². The summed E-state index contributed by atoms with van der Waals surface area (Å²) in [6.07, 6.45) is 0.527. The molecular formula is C15H19NO2. The third-order valence-corrected chi connectivity index (χ3v) is 3.64. The average Bonchev–Trinajstić information content (AvgIpc) is 2.57. The zero-order valence-corrected chi connectivity index (χ0v) is 11.3. The largest absolute Gasteiger partial charge is 0.481 e. The maximum Gasteiger partial charge on any atom is 0.309 e. The van der Waals surface area contributed by atoms with Crippen LogP contribution >= 0.6 is 0 Å². The molecule has 1 aromatic heterocycles. The van der Waals surface area contributed by atoms with Crippen LogP contribution in [0.3, 0.4) is 0 Å². The fraction of sp³-hybridized carbons (Fsp3) is 0.400. The maximum atomic E-state index is 11.2. The van der Waals surface area contributed by atoms with Gasteiger partial charge in [-0.05, 0) is 45.2 Å². The Hall–Kier alpha value is -1.77. The van der Waals surface area contributed by atoms with Crippen LogP contribution in [-0.4, -0.2) is 16.1 Å². The highest BCUT2D eigenvalue weighted by Gasteiger charge is 2.28. The summed E-state index contributed by atoms with van der Waals surface area (Å²) >= 11 is 0. The lowest BCUT2D eigenvalue weighted by Gasteiger charge is -2.19. The number of carboxylic acids is 1. The number of carbonyl (C=O) groups is 1. The smallest absolute Gasteiger partial charge is 0.309 e. The number of aliphatic carboxylic acids is 1. The minimum absolute atomic E-state index is 0.527. The molecule has 2 N–H and O–H groups in total. The number of benzene rings is 1. The number of H-pyrrole nitrogens is 1. The van der Waals surface area contributed by atoms with Crippen LogP contribution in [-0.2, 0) is 11.2 Å². The number of nitrogens with one attached hydrogen (secondary N) is 1. The van der Waals surface area contributed by atoms with Crippen LogP contribution in [0.15, 0.2) is 18.2 Å². The van der Waals surface area contributed by atoms with Crippen LogP contribution in [0.25, 0.3) is 10.9 Å². The minimum atomic E-state index is -0.764. The van der Waals surface area contributed by atoms with Crippen molar-refractivity contribution in [1.29, 1.82) is 0 Å². The predicted molar refractivity (Wildman–Crippen MR) is 72.9 cm³/mol. The van der Waals surface area contributed by atoms with Gasteiger partial charge in [-0.25, -0.2) is 0 Å². The molecule has 0 spiro atoms. The van der Waals surface area contributed by atoms with Crippen LogP contribution < -0.4 is 0 Å². The van der Waals surface area contributed by atoms with Crippen LogP contribution in [0.5, 0.6) is 0 Å². The molecule has 0 bridgehead atoms. The summed E-state index contributed by atoms with van der Waals surface area (Å²) in [5, 5.41) is 10.4. The Kier molecular flexibility index (Phi) is 2.93. The SMILES string of the molecule is Cc1[nH]c2c(CC(C)(C)C(=O)O)cccc2c1C. The summed E-state index contributed by atoms with van der Waals surface area (Å²) < 4.78 is 0. The van der Waals surface area contributed by atoms with E-state index in [1.54, 1.807) is 13.8 Å². The molecule has 0 aliphatic heterocycles. The third kappa shape index (κ3) is 2.01. The third-order valence-electron chi connectivity index (χ3n) is 3.64. The minimum Gasteiger partial charge on any atom is -0.481 e. The number of hydrogen-bond acceptors (Lipinski definition) is 1. The Balaban J connectivity index is 2.53. The number of aromatic amines is 1. The Morgan fingerprint density at radius 1 is 1.33 bits per heavy atom. The van der Waals surface area contributed by atoms with E-state index in [0.717, 1.165) is 16.8 Å². The molecule has 0 aliphatic rings. The Bertz CT molecular complexity index is 608. The van der Waals surface area contributed by atoms with E-state index in [2.05, 4.69) is 18.0 Å². The van der Waals surface area contributed by atoms with Crippen molar-refractivity contribution >= 4 is 16.9 Å². The van der Waals surface area contributed by atoms with Crippen molar-refractivity contribution in [3.63, 3.8) is 0 Å². The van der Waals surface area contributed by atoms with Crippen LogP contribution in [0.4, 0.5) is 0 Å². The van der Waals surface area contributed by atoms with E-state index in [1.165, 1.54) is 10.9 Å². The van der Waals surface area contributed by atoms with Crippen molar-refractivity contribution in [2.75, 3.05) is 0 Å². The van der Waals surface area contributed by atoms with Gasteiger partial charge in [0.1, 0.15) is 0 Å². The van der Waals surface area contributed by atoms with Gasteiger partial charge in [0.2, 0.25) is 0 Å². The van der Waals surface area contributed by atoms with E-state index in [1.807, 2.05) is 19.1 Å². The number of rotatable bonds is 3. The molecule has 0 radical (unpaired) electrons. The monoisotopic (exact) mass is 245 g/mol. The molecule has 1 heterocycles. The zero-order chi connectivity index (χ0) is 13.5. The topological polar surface area (TPSA) is 53.1 Å². The first kappa shape index (κ1) is 12.7. The van der Waals surface area contributed by atoms with Crippen molar-refractivity contribution in [2.45, 2.75) is 34.1 Å². The molecule has 0 saturated heterocycles. The van der Waals surface area contributed by atoms with E-state index in [0.29, 0.717) is 6.42 Å². The van der Waals surface area contributed by atoms with Crippen LogP contribution in [0.2, 0.25) is 0 Å². The highest BCUT2D eigenvalue weighted by molar-refractivity contribution is 5.87. The lowest BCUT2D eigenvalue weighted by Crippen LogP contribution is -2.26. The van der Waals surface area contributed by atoms with Gasteiger partial charge in [-0.1, -0.05) is 18.2 Å². The summed E-state index contributed by atoms with van der Waals surface area (Å²) in [4.78, 5) is 14.6. The van der Waals surface area contributed by atoms with Gasteiger partial charge in [-0.3, -0.25) is 4.79 Å². The van der Waals surface area contributed by atoms with Crippen molar-refractivity contribution in [1.82, 2.24) is 4.98 Å². The first-order valence-corrected chi connectivity index (χ1v) is 6.13. The van der Waals surface area contributed by atoms with Crippen molar-refractivity contribution in [3.8, 4) is 0 Å². The predicted octanol–water partition coefficient (Wildman–Crippen LogP) is 3.44. The lowest BCUT2D eigenvalue weighted by atomic mass is 9.85. The summed E-state index contributed by atoms with van der Waals surface area (Å²) in [5.41, 5.74) is 3.77. The fourth-order valence-electron chi connectivity index (χ4n) is 2.24. The highest BCUT2D eigenvalue weighted by Crippen LogP contribution is 2.29. The number of para-hydroxylation sites is 1. The number of aryl methyl sites for hydroxylation is 2. The molecule has 0 unspecified atom stereocenters. The second-order valence-corrected chi connectivity index (χ2v) is 5.58. The van der Waals surface area contributed by atoms with Gasteiger partial charge in [0.25, 0.3) is 0 Å². The molecular weight excluding hydrogens is 226 g/mol. The van der Waals surface area contributed by atoms with Gasteiger partial charge >= 0.3 is 5.97 Å². The normalized spacial score (nSPS) is 12.0. The molecule has 0 saturated carbocycles. The summed E-state index contributed by atoms with van der Waals surface area (Å²) in [6, 6.07) is 6.07. The molecule has 3 heteroatoms. The molecule has 3 nitrogen and oxygen atoms in total. The summed E-state index contributed by atoms with van der Waals surface area (Å²) in [7, 11) is 0. The Morgan fingerprint density at radius 3 is 2.61 bits per heavy atom. The van der Waals surface area contributed by atoms with E-state index in [4.69, 9.17) is 0 Å². The van der Waals surface area contributed by atoms with Crippen molar-refractivity contribution in [3.05, 3.63) is 35.0 Å². The summed E-state index contributed by atoms with van der Waals surface area (Å²) in [5.74, 6) is -0.764. The molecule has 96 valence electrons. The number of carboxylic acid groups (broad SMARTS) is 1. The Morgan fingerprint density at radius 2 is 2.00 bits per heavy atom. The number of hydrogen-bond donors (Lipinski definition) is 2. The van der Waals surface area contributed by atoms with E-state index >= 15 is 0 Å². The standard InChI is InChI=1S/C15H19NO2/c1-9-10(2)16-13-11(6-5-7-12(9)13)8-15(3,4)14(17)18/h5-7,16H,8H2,1-4H3,(H,17,18). The lowest BCUT2D eigenvalue weighted by molar-refractivity contribution is -0.146. The first-order valence-electron chi connectivity index (χ1n) is 6.13. The Labute approximate surface area is 107 Å². The molecule has 2 rings (SSSR count). The van der Waals surface area contributed by atoms with Crippen LogP contribution in [0.1, 0.15) is 30.7 Å². The fourth-order valence-corrected chi connectivity index (χ4v) is 2.24. The summed E-state index contributed by atoms with van der Waals surface area (Å²) in [6.45, 7) is 7.65. The van der Waals surface area contributed by atoms with Gasteiger partial charge in [0, 0.05) is 16.6 Å².